The minimum Gasteiger partial charge on any atom is -0.477 e. The Labute approximate surface area is 173 Å². The molecular weight excluding hydrogens is 419 g/mol. The molecule has 11 heteroatoms. The number of rotatable bonds is 5. The Bertz CT molecular complexity index is 1160. The van der Waals surface area contributed by atoms with E-state index in [4.69, 9.17) is 0 Å². The molecule has 0 unspecified atom stereocenters. The number of nitrogens with one attached hydrogen (secondary N) is 1. The molecule has 1 aromatic heterocycles. The largest absolute Gasteiger partial charge is 0.477 e. The summed E-state index contributed by atoms with van der Waals surface area (Å²) in [5, 5.41) is 20.6. The summed E-state index contributed by atoms with van der Waals surface area (Å²) in [7, 11) is 0. The molecule has 0 radical (unpaired) electrons. The van der Waals surface area contributed by atoms with Crippen LogP contribution in [0.3, 0.4) is 0 Å². The Kier molecular flexibility index (Phi) is 5.16. The number of carbonyl (C=O) groups is 2. The van der Waals surface area contributed by atoms with Gasteiger partial charge in [-0.3, -0.25) is 9.59 Å². The van der Waals surface area contributed by atoms with Crippen molar-refractivity contribution < 1.29 is 33.0 Å². The van der Waals surface area contributed by atoms with Gasteiger partial charge in [0.2, 0.25) is 11.3 Å². The third-order valence-electron chi connectivity index (χ3n) is 5.76. The van der Waals surface area contributed by atoms with E-state index in [1.807, 2.05) is 0 Å². The van der Waals surface area contributed by atoms with Crippen molar-refractivity contribution in [3.8, 4) is 0 Å². The number of carbonyl (C=O) groups excluding carboxylic acids is 1. The number of carboxylic acid groups (broad SMARTS) is 1. The fraction of sp³-hybridized carbons (Fsp3) is 0.450. The molecule has 1 aliphatic carbocycles. The minimum atomic E-state index is -1.64. The lowest BCUT2D eigenvalue weighted by molar-refractivity contribution is -0.119. The lowest BCUT2D eigenvalue weighted by Crippen LogP contribution is -2.37. The number of hydrogen-bond donors (Lipinski definition) is 3. The highest BCUT2D eigenvalue weighted by Crippen LogP contribution is 2.41. The van der Waals surface area contributed by atoms with Crippen LogP contribution < -0.4 is 15.6 Å². The molecule has 1 aliphatic heterocycles. The van der Waals surface area contributed by atoms with Crippen LogP contribution in [-0.2, 0) is 4.79 Å². The average molecular weight is 439 g/mol. The van der Waals surface area contributed by atoms with Gasteiger partial charge in [0.1, 0.15) is 11.3 Å². The van der Waals surface area contributed by atoms with Crippen molar-refractivity contribution in [3.63, 3.8) is 0 Å². The van der Waals surface area contributed by atoms with Gasteiger partial charge in [-0.2, -0.15) is 0 Å². The number of nitrogens with zero attached hydrogens (tertiary/aromatic N) is 2. The molecule has 31 heavy (non-hydrogen) atoms. The first kappa shape index (κ1) is 21.2. The Balaban J connectivity index is 1.97. The van der Waals surface area contributed by atoms with Crippen molar-refractivity contribution in [2.75, 3.05) is 18.1 Å². The van der Waals surface area contributed by atoms with Gasteiger partial charge in [0.05, 0.1) is 23.6 Å². The molecule has 2 aromatic rings. The molecule has 1 saturated heterocycles. The molecule has 0 bridgehead atoms. The molecule has 2 fully saturated rings. The maximum absolute atomic E-state index is 15.7. The number of aliphatic hydroxyl groups excluding tert-OH is 1. The minimum absolute atomic E-state index is 0.0789. The second-order valence-corrected chi connectivity index (χ2v) is 7.95. The van der Waals surface area contributed by atoms with Gasteiger partial charge in [-0.15, -0.1) is 0 Å². The van der Waals surface area contributed by atoms with Crippen LogP contribution in [0.25, 0.3) is 10.9 Å². The van der Waals surface area contributed by atoms with Crippen LogP contribution in [0.4, 0.5) is 18.9 Å². The maximum atomic E-state index is 15.7. The molecule has 1 aromatic carbocycles. The maximum Gasteiger partial charge on any atom is 0.341 e. The van der Waals surface area contributed by atoms with Crippen LogP contribution in [-0.4, -0.2) is 51.9 Å². The van der Waals surface area contributed by atoms with E-state index in [0.29, 0.717) is 12.8 Å². The first-order valence-corrected chi connectivity index (χ1v) is 9.78. The molecule has 0 spiro atoms. The fourth-order valence-electron chi connectivity index (χ4n) is 4.28. The van der Waals surface area contributed by atoms with Crippen molar-refractivity contribution in [3.05, 3.63) is 39.4 Å². The Morgan fingerprint density at radius 2 is 1.87 bits per heavy atom. The number of aromatic carboxylic acids is 1. The number of anilines is 1. The highest BCUT2D eigenvalue weighted by molar-refractivity contribution is 5.94. The second kappa shape index (κ2) is 7.56. The molecule has 8 nitrogen and oxygen atoms in total. The van der Waals surface area contributed by atoms with Crippen LogP contribution in [0.15, 0.2) is 11.0 Å². The highest BCUT2D eigenvalue weighted by Gasteiger charge is 2.39. The quantitative estimate of drug-likeness (QED) is 0.610. The van der Waals surface area contributed by atoms with E-state index in [9.17, 15) is 24.6 Å². The number of amides is 1. The van der Waals surface area contributed by atoms with Gasteiger partial charge in [-0.05, 0) is 19.3 Å². The molecule has 2 heterocycles. The summed E-state index contributed by atoms with van der Waals surface area (Å²) in [6.45, 7) is 0.703. The predicted octanol–water partition coefficient (Wildman–Crippen LogP) is 1.53. The molecule has 2 aliphatic rings. The summed E-state index contributed by atoms with van der Waals surface area (Å²) in [4.78, 5) is 36.5. The fourth-order valence-corrected chi connectivity index (χ4v) is 4.28. The zero-order chi connectivity index (χ0) is 22.6. The molecule has 1 amide bonds. The molecule has 166 valence electrons. The third-order valence-corrected chi connectivity index (χ3v) is 5.76. The molecule has 2 atom stereocenters. The SMILES string of the molecule is CC(=O)N[C@H]1C[C@@H](CO)N(c2c(F)c(F)c3c(=O)c(C(=O)O)cn(C4CC4)c3c2F)C1. The number of benzene rings is 1. The van der Waals surface area contributed by atoms with Crippen LogP contribution in [0.1, 0.15) is 42.6 Å². The van der Waals surface area contributed by atoms with Gasteiger partial charge >= 0.3 is 5.97 Å². The van der Waals surface area contributed by atoms with Crippen LogP contribution in [0, 0.1) is 17.5 Å². The van der Waals surface area contributed by atoms with Crippen molar-refractivity contribution in [2.24, 2.45) is 0 Å². The monoisotopic (exact) mass is 439 g/mol. The lowest BCUT2D eigenvalue weighted by Gasteiger charge is -2.27. The number of halogens is 3. The van der Waals surface area contributed by atoms with Crippen LogP contribution >= 0.6 is 0 Å². The van der Waals surface area contributed by atoms with E-state index in [1.165, 1.54) is 11.5 Å². The van der Waals surface area contributed by atoms with Gasteiger partial charge < -0.3 is 25.0 Å². The zero-order valence-electron chi connectivity index (χ0n) is 16.5. The normalized spacial score (nSPS) is 21.0. The van der Waals surface area contributed by atoms with Gasteiger partial charge in [-0.25, -0.2) is 18.0 Å². The van der Waals surface area contributed by atoms with E-state index >= 15 is 13.2 Å². The van der Waals surface area contributed by atoms with Crippen molar-refractivity contribution in [1.82, 2.24) is 9.88 Å². The number of carboxylic acids is 1. The van der Waals surface area contributed by atoms with Crippen molar-refractivity contribution in [2.45, 2.75) is 44.3 Å². The summed E-state index contributed by atoms with van der Waals surface area (Å²) in [6, 6.07) is -1.66. The molecule has 4 rings (SSSR count). The summed E-state index contributed by atoms with van der Waals surface area (Å²) in [5.41, 5.74) is -3.35. The van der Waals surface area contributed by atoms with E-state index in [-0.39, 0.29) is 24.9 Å². The number of aromatic nitrogens is 1. The highest BCUT2D eigenvalue weighted by atomic mass is 19.2. The van der Waals surface area contributed by atoms with E-state index in [2.05, 4.69) is 5.32 Å². The summed E-state index contributed by atoms with van der Waals surface area (Å²) in [6.07, 6.45) is 2.28. The molecular formula is C20H20F3N3O5. The summed E-state index contributed by atoms with van der Waals surface area (Å²) >= 11 is 0. The standard InChI is InChI=1S/C20H20F3N3O5/c1-8(28)24-9-4-11(7-27)25(5-9)18-15(22)14(21)13-17(16(18)23)26(10-2-3-10)6-12(19(13)29)20(30)31/h6,9-11,27H,2-5,7H2,1H3,(H,24,28)(H,30,31)/t9-,11-/m0/s1. The van der Waals surface area contributed by atoms with Crippen LogP contribution in [0.2, 0.25) is 0 Å². The van der Waals surface area contributed by atoms with Gasteiger partial charge in [0, 0.05) is 31.7 Å². The molecule has 1 saturated carbocycles. The van der Waals surface area contributed by atoms with Gasteiger partial charge in [0.25, 0.3) is 0 Å². The number of fused-ring (bicyclic) bond motifs is 1. The van der Waals surface area contributed by atoms with E-state index in [0.717, 1.165) is 11.1 Å². The smallest absolute Gasteiger partial charge is 0.341 e. The first-order valence-electron chi connectivity index (χ1n) is 9.78. The first-order chi connectivity index (χ1) is 14.6. The molecule has 3 N–H and O–H groups in total. The second-order valence-electron chi connectivity index (χ2n) is 7.95. The lowest BCUT2D eigenvalue weighted by atomic mass is 10.1. The van der Waals surface area contributed by atoms with Crippen LogP contribution in [0.5, 0.6) is 0 Å². The van der Waals surface area contributed by atoms with Crippen molar-refractivity contribution in [1.29, 1.82) is 0 Å². The Morgan fingerprint density at radius 1 is 1.19 bits per heavy atom. The van der Waals surface area contributed by atoms with Gasteiger partial charge in [-0.1, -0.05) is 0 Å². The van der Waals surface area contributed by atoms with Crippen molar-refractivity contribution >= 4 is 28.5 Å². The van der Waals surface area contributed by atoms with E-state index < -0.39 is 69.7 Å². The van der Waals surface area contributed by atoms with Gasteiger partial charge in [0.15, 0.2) is 17.5 Å². The van der Waals surface area contributed by atoms with E-state index in [1.54, 1.807) is 0 Å². The number of hydrogen-bond acceptors (Lipinski definition) is 5. The summed E-state index contributed by atoms with van der Waals surface area (Å²) in [5.74, 6) is -6.49. The average Bonchev–Trinajstić information content (AvgIpc) is 3.47. The predicted molar refractivity (Wildman–Crippen MR) is 104 cm³/mol. The zero-order valence-corrected chi connectivity index (χ0v) is 16.5. The number of aliphatic hydroxyl groups is 1. The Hall–Kier alpha value is -3.08. The Morgan fingerprint density at radius 3 is 2.42 bits per heavy atom. The summed E-state index contributed by atoms with van der Waals surface area (Å²) < 4.78 is 47.1. The number of pyridine rings is 1. The topological polar surface area (TPSA) is 112 Å². The third kappa shape index (κ3) is 3.42.